The molecule has 5 rings (SSSR count). The highest BCUT2D eigenvalue weighted by molar-refractivity contribution is 6.01. The van der Waals surface area contributed by atoms with E-state index in [0.29, 0.717) is 17.4 Å². The van der Waals surface area contributed by atoms with E-state index in [2.05, 4.69) is 15.8 Å². The van der Waals surface area contributed by atoms with Gasteiger partial charge in [-0.3, -0.25) is 19.8 Å². The number of hydrogen-bond donors (Lipinski definition) is 2. The molecule has 0 unspecified atom stereocenters. The van der Waals surface area contributed by atoms with Crippen LogP contribution < -0.4 is 15.8 Å². The number of carbonyl (C=O) groups excluding carboxylic acids is 4. The average Bonchev–Trinajstić information content (AvgIpc) is 3.65. The van der Waals surface area contributed by atoms with Gasteiger partial charge in [0.1, 0.15) is 5.82 Å². The van der Waals surface area contributed by atoms with Gasteiger partial charge in [0.2, 0.25) is 11.8 Å². The van der Waals surface area contributed by atoms with Gasteiger partial charge in [-0.25, -0.2) is 14.5 Å². The second kappa shape index (κ2) is 9.41. The second-order valence-corrected chi connectivity index (χ2v) is 8.41. The number of para-hydroxylation sites is 1. The Balaban J connectivity index is 1.20. The normalized spacial score (nSPS) is 15.5. The van der Waals surface area contributed by atoms with Crippen molar-refractivity contribution < 1.29 is 23.9 Å². The van der Waals surface area contributed by atoms with Crippen LogP contribution in [-0.4, -0.2) is 40.1 Å². The van der Waals surface area contributed by atoms with E-state index in [1.165, 1.54) is 24.3 Å². The smallest absolute Gasteiger partial charge is 0.338 e. The summed E-state index contributed by atoms with van der Waals surface area (Å²) in [4.78, 5) is 48.5. The van der Waals surface area contributed by atoms with E-state index in [1.54, 1.807) is 4.68 Å². The topological polar surface area (TPSA) is 123 Å². The molecular weight excluding hydrogens is 450 g/mol. The van der Waals surface area contributed by atoms with Crippen molar-refractivity contribution in [2.45, 2.75) is 31.6 Å². The summed E-state index contributed by atoms with van der Waals surface area (Å²) in [7, 11) is 0. The lowest BCUT2D eigenvalue weighted by atomic mass is 10.2. The maximum atomic E-state index is 12.5. The van der Waals surface area contributed by atoms with E-state index < -0.39 is 18.5 Å². The number of nitrogens with one attached hydrogen (secondary N) is 2. The molecule has 0 spiro atoms. The molecule has 2 aliphatic rings. The molecule has 2 N–H and O–H groups in total. The van der Waals surface area contributed by atoms with Crippen LogP contribution in [0.2, 0.25) is 0 Å². The minimum absolute atomic E-state index is 0.121. The van der Waals surface area contributed by atoms with Crippen molar-refractivity contribution in [1.29, 1.82) is 0 Å². The zero-order valence-corrected chi connectivity index (χ0v) is 18.8. The average molecular weight is 473 g/mol. The molecule has 1 aliphatic heterocycles. The van der Waals surface area contributed by atoms with Crippen LogP contribution in [0.15, 0.2) is 60.7 Å². The Morgan fingerprint density at radius 1 is 1.00 bits per heavy atom. The van der Waals surface area contributed by atoms with E-state index in [4.69, 9.17) is 4.74 Å². The predicted molar refractivity (Wildman–Crippen MR) is 126 cm³/mol. The van der Waals surface area contributed by atoms with Crippen molar-refractivity contribution in [3.63, 3.8) is 0 Å². The molecule has 0 radical (unpaired) electrons. The highest BCUT2D eigenvalue weighted by atomic mass is 16.5. The van der Waals surface area contributed by atoms with Crippen LogP contribution in [0.1, 0.15) is 47.7 Å². The van der Waals surface area contributed by atoms with E-state index in [0.717, 1.165) is 29.2 Å². The van der Waals surface area contributed by atoms with E-state index in [-0.39, 0.29) is 30.2 Å². The summed E-state index contributed by atoms with van der Waals surface area (Å²) in [5, 5.41) is 8.57. The summed E-state index contributed by atoms with van der Waals surface area (Å²) in [6, 6.07) is 17.3. The summed E-state index contributed by atoms with van der Waals surface area (Å²) in [6.07, 6.45) is 2.42. The second-order valence-electron chi connectivity index (χ2n) is 8.41. The Labute approximate surface area is 200 Å². The third-order valence-corrected chi connectivity index (χ3v) is 5.74. The lowest BCUT2D eigenvalue weighted by Crippen LogP contribution is -2.50. The molecule has 0 bridgehead atoms. The van der Waals surface area contributed by atoms with Gasteiger partial charge in [-0.1, -0.05) is 18.2 Å². The Morgan fingerprint density at radius 3 is 2.46 bits per heavy atom. The number of hydrogen-bond acceptors (Lipinski definition) is 6. The van der Waals surface area contributed by atoms with E-state index in [1.807, 2.05) is 36.4 Å². The molecule has 2 aromatic carbocycles. The van der Waals surface area contributed by atoms with Crippen LogP contribution in [0, 0.1) is 0 Å². The Bertz CT molecular complexity index is 1280. The van der Waals surface area contributed by atoms with Crippen molar-refractivity contribution in [1.82, 2.24) is 15.2 Å². The molecule has 3 amide bonds. The van der Waals surface area contributed by atoms with Gasteiger partial charge in [0.25, 0.3) is 5.91 Å². The number of nitrogens with zero attached hydrogens (tertiary/aromatic N) is 3. The number of carbonyl (C=O) groups is 4. The largest absolute Gasteiger partial charge is 0.452 e. The van der Waals surface area contributed by atoms with Crippen molar-refractivity contribution in [2.75, 3.05) is 16.9 Å². The third kappa shape index (κ3) is 5.06. The first-order valence-corrected chi connectivity index (χ1v) is 11.3. The molecule has 10 heteroatoms. The zero-order chi connectivity index (χ0) is 24.4. The fourth-order valence-electron chi connectivity index (χ4n) is 3.76. The van der Waals surface area contributed by atoms with Gasteiger partial charge < -0.3 is 10.1 Å². The number of aromatic nitrogens is 2. The molecular formula is C25H23N5O5. The SMILES string of the molecule is O=C(COC(=O)c1ccc(N2NC(=O)CCC2=O)cc1)Nc1cc(C2CC2)nn1-c1ccccc1. The standard InChI is InChI=1S/C25H23N5O5/c31-22-12-13-24(33)30(28-22)19-10-8-17(9-11-19)25(34)35-15-23(32)26-21-14-20(16-6-7-16)27-29(21)18-4-2-1-3-5-18/h1-5,8-11,14,16H,6-7,12-13,15H2,(H,26,32)(H,28,31). The molecule has 2 heterocycles. The maximum Gasteiger partial charge on any atom is 0.338 e. The molecule has 0 atom stereocenters. The first kappa shape index (κ1) is 22.3. The lowest BCUT2D eigenvalue weighted by Gasteiger charge is -2.27. The van der Waals surface area contributed by atoms with Crippen molar-refractivity contribution in [2.24, 2.45) is 0 Å². The van der Waals surface area contributed by atoms with Gasteiger partial charge in [-0.2, -0.15) is 5.10 Å². The first-order chi connectivity index (χ1) is 17.0. The Hall–Kier alpha value is -4.47. The molecule has 1 aromatic heterocycles. The minimum atomic E-state index is -0.684. The number of anilines is 2. The van der Waals surface area contributed by atoms with Gasteiger partial charge in [-0.15, -0.1) is 0 Å². The fourth-order valence-corrected chi connectivity index (χ4v) is 3.76. The van der Waals surface area contributed by atoms with Crippen LogP contribution in [0.25, 0.3) is 5.69 Å². The highest BCUT2D eigenvalue weighted by Gasteiger charge is 2.28. The van der Waals surface area contributed by atoms with Gasteiger partial charge in [0.05, 0.1) is 22.6 Å². The summed E-state index contributed by atoms with van der Waals surface area (Å²) in [6.45, 7) is -0.472. The van der Waals surface area contributed by atoms with Crippen molar-refractivity contribution in [3.8, 4) is 5.69 Å². The quantitative estimate of drug-likeness (QED) is 0.509. The van der Waals surface area contributed by atoms with Gasteiger partial charge >= 0.3 is 5.97 Å². The van der Waals surface area contributed by atoms with Crippen LogP contribution in [0.3, 0.4) is 0 Å². The first-order valence-electron chi connectivity index (χ1n) is 11.3. The minimum Gasteiger partial charge on any atom is -0.452 e. The monoisotopic (exact) mass is 473 g/mol. The van der Waals surface area contributed by atoms with Gasteiger partial charge in [-0.05, 0) is 49.2 Å². The molecule has 178 valence electrons. The third-order valence-electron chi connectivity index (χ3n) is 5.74. The summed E-state index contributed by atoms with van der Waals surface area (Å²) < 4.78 is 6.84. The van der Waals surface area contributed by atoms with E-state index in [9.17, 15) is 19.2 Å². The molecule has 3 aromatic rings. The Morgan fingerprint density at radius 2 is 1.74 bits per heavy atom. The fraction of sp³-hybridized carbons (Fsp3) is 0.240. The van der Waals surface area contributed by atoms with Crippen molar-refractivity contribution >= 4 is 35.2 Å². The van der Waals surface area contributed by atoms with E-state index >= 15 is 0 Å². The number of amides is 3. The molecule has 1 saturated heterocycles. The zero-order valence-electron chi connectivity index (χ0n) is 18.8. The van der Waals surface area contributed by atoms with Crippen molar-refractivity contribution in [3.05, 3.63) is 71.9 Å². The number of benzene rings is 2. The molecule has 1 aliphatic carbocycles. The molecule has 2 fully saturated rings. The summed E-state index contributed by atoms with van der Waals surface area (Å²) >= 11 is 0. The molecule has 35 heavy (non-hydrogen) atoms. The van der Waals surface area contributed by atoms with Gasteiger partial charge in [0, 0.05) is 24.8 Å². The number of rotatable bonds is 7. The lowest BCUT2D eigenvalue weighted by molar-refractivity contribution is -0.130. The Kier molecular flexibility index (Phi) is 6.01. The predicted octanol–water partition coefficient (Wildman–Crippen LogP) is 2.70. The van der Waals surface area contributed by atoms with Crippen LogP contribution in [0.4, 0.5) is 11.5 Å². The molecule has 1 saturated carbocycles. The van der Waals surface area contributed by atoms with Crippen LogP contribution >= 0.6 is 0 Å². The number of hydrazine groups is 1. The maximum absolute atomic E-state index is 12.5. The number of esters is 1. The van der Waals surface area contributed by atoms with Gasteiger partial charge in [0.15, 0.2) is 6.61 Å². The summed E-state index contributed by atoms with van der Waals surface area (Å²) in [5.74, 6) is -0.748. The van der Waals surface area contributed by atoms with Crippen LogP contribution in [-0.2, 0) is 19.1 Å². The van der Waals surface area contributed by atoms with Crippen LogP contribution in [0.5, 0.6) is 0 Å². The molecule has 10 nitrogen and oxygen atoms in total. The highest BCUT2D eigenvalue weighted by Crippen LogP contribution is 2.40. The number of ether oxygens (including phenoxy) is 1. The summed E-state index contributed by atoms with van der Waals surface area (Å²) in [5.41, 5.74) is 4.87.